The molecule has 0 saturated heterocycles. The molecule has 0 bridgehead atoms. The van der Waals surface area contributed by atoms with Crippen LogP contribution in [0.25, 0.3) is 0 Å². The van der Waals surface area contributed by atoms with Gasteiger partial charge in [0.1, 0.15) is 10.8 Å². The minimum atomic E-state index is -4.84. The summed E-state index contributed by atoms with van der Waals surface area (Å²) in [5, 5.41) is 6.80. The van der Waals surface area contributed by atoms with Crippen molar-refractivity contribution in [3.05, 3.63) is 46.8 Å². The van der Waals surface area contributed by atoms with Crippen molar-refractivity contribution < 1.29 is 32.3 Å². The van der Waals surface area contributed by atoms with E-state index in [4.69, 9.17) is 5.73 Å². The number of benzene rings is 1. The van der Waals surface area contributed by atoms with Crippen LogP contribution in [-0.2, 0) is 16.1 Å². The molecule has 2 aromatic rings. The van der Waals surface area contributed by atoms with Gasteiger partial charge in [-0.1, -0.05) is 18.2 Å². The number of carbonyl (C=O) groups excluding carboxylic acids is 3. The summed E-state index contributed by atoms with van der Waals surface area (Å²) in [5.41, 5.74) is 5.49. The highest BCUT2D eigenvalue weighted by molar-refractivity contribution is 7.14. The summed E-state index contributed by atoms with van der Waals surface area (Å²) in [4.78, 5) is 35.0. The molecule has 1 heterocycles. The summed E-state index contributed by atoms with van der Waals surface area (Å²) in [6.45, 7) is -0.191. The fourth-order valence-electron chi connectivity index (χ4n) is 2.17. The first kappa shape index (κ1) is 21.2. The van der Waals surface area contributed by atoms with Gasteiger partial charge >= 0.3 is 6.36 Å². The smallest absolute Gasteiger partial charge is 0.405 e. The van der Waals surface area contributed by atoms with Gasteiger partial charge in [-0.05, 0) is 17.5 Å². The van der Waals surface area contributed by atoms with Crippen molar-refractivity contribution >= 4 is 34.1 Å². The zero-order chi connectivity index (χ0) is 20.7. The number of hydrogen-bond donors (Lipinski definition) is 3. The molecule has 0 spiro atoms. The third-order valence-electron chi connectivity index (χ3n) is 3.44. The molecule has 3 amide bonds. The number of thiophene rings is 1. The van der Waals surface area contributed by atoms with E-state index < -0.39 is 29.8 Å². The van der Waals surface area contributed by atoms with Crippen LogP contribution >= 0.6 is 11.3 Å². The number of ether oxygens (including phenoxy) is 1. The average molecular weight is 415 g/mol. The second-order valence-corrected chi connectivity index (χ2v) is 6.42. The molecule has 0 saturated carbocycles. The molecular formula is C17H16F3N3O4S. The van der Waals surface area contributed by atoms with Crippen LogP contribution in [-0.4, -0.2) is 24.1 Å². The molecule has 1 aromatic heterocycles. The number of anilines is 1. The number of para-hydroxylation sites is 1. The van der Waals surface area contributed by atoms with Crippen molar-refractivity contribution in [3.8, 4) is 5.75 Å². The summed E-state index contributed by atoms with van der Waals surface area (Å²) in [5.74, 6) is -2.13. The van der Waals surface area contributed by atoms with E-state index in [1.807, 2.05) is 0 Å². The Balaban J connectivity index is 1.83. The fourth-order valence-corrected chi connectivity index (χ4v) is 2.98. The van der Waals surface area contributed by atoms with Crippen molar-refractivity contribution in [2.24, 2.45) is 5.73 Å². The molecule has 0 fully saturated rings. The number of halogens is 3. The van der Waals surface area contributed by atoms with E-state index in [0.717, 1.165) is 17.4 Å². The van der Waals surface area contributed by atoms with Gasteiger partial charge in [-0.2, -0.15) is 0 Å². The predicted octanol–water partition coefficient (Wildman–Crippen LogP) is 2.78. The summed E-state index contributed by atoms with van der Waals surface area (Å²) in [7, 11) is 0. The van der Waals surface area contributed by atoms with E-state index >= 15 is 0 Å². The zero-order valence-corrected chi connectivity index (χ0v) is 15.2. The number of amides is 3. The monoisotopic (exact) mass is 415 g/mol. The minimum Gasteiger partial charge on any atom is -0.405 e. The molecule has 0 atom stereocenters. The van der Waals surface area contributed by atoms with Crippen molar-refractivity contribution in [2.45, 2.75) is 25.7 Å². The van der Waals surface area contributed by atoms with Crippen molar-refractivity contribution in [3.63, 3.8) is 0 Å². The van der Waals surface area contributed by atoms with Crippen LogP contribution in [0.1, 0.15) is 28.8 Å². The van der Waals surface area contributed by atoms with Gasteiger partial charge in [-0.25, -0.2) is 0 Å². The molecule has 0 aliphatic carbocycles. The Bertz CT molecular complexity index is 867. The van der Waals surface area contributed by atoms with Crippen molar-refractivity contribution in [2.75, 3.05) is 5.32 Å². The van der Waals surface area contributed by atoms with Gasteiger partial charge in [0.25, 0.3) is 5.91 Å². The predicted molar refractivity (Wildman–Crippen MR) is 95.7 cm³/mol. The Morgan fingerprint density at radius 3 is 2.43 bits per heavy atom. The highest BCUT2D eigenvalue weighted by Gasteiger charge is 2.32. The maximum Gasteiger partial charge on any atom is 0.573 e. The topological polar surface area (TPSA) is 111 Å². The summed E-state index contributed by atoms with van der Waals surface area (Å²) >= 11 is 1.11. The standard InChI is InChI=1S/C17H16F3N3O4S/c18-17(19,20)27-12-4-2-1-3-10(12)9-22-13(24)5-6-14(25)23-16-11(15(21)26)7-8-28-16/h1-4,7-8H,5-6,9H2,(H2,21,26)(H,22,24)(H,23,25). The van der Waals surface area contributed by atoms with E-state index in [-0.39, 0.29) is 35.5 Å². The zero-order valence-electron chi connectivity index (χ0n) is 14.3. The molecular weight excluding hydrogens is 399 g/mol. The lowest BCUT2D eigenvalue weighted by Crippen LogP contribution is -2.25. The number of alkyl halides is 3. The molecule has 0 aliphatic rings. The van der Waals surface area contributed by atoms with Crippen LogP contribution in [0.3, 0.4) is 0 Å². The Morgan fingerprint density at radius 2 is 1.75 bits per heavy atom. The molecule has 0 radical (unpaired) electrons. The summed E-state index contributed by atoms with van der Waals surface area (Å²) in [6.07, 6.45) is -5.21. The molecule has 150 valence electrons. The highest BCUT2D eigenvalue weighted by atomic mass is 32.1. The largest absolute Gasteiger partial charge is 0.573 e. The van der Waals surface area contributed by atoms with E-state index in [1.54, 1.807) is 5.38 Å². The second kappa shape index (κ2) is 9.22. The van der Waals surface area contributed by atoms with Crippen LogP contribution < -0.4 is 21.1 Å². The van der Waals surface area contributed by atoms with Gasteiger partial charge in [-0.15, -0.1) is 24.5 Å². The fraction of sp³-hybridized carbons (Fsp3) is 0.235. The lowest BCUT2D eigenvalue weighted by atomic mass is 10.2. The van der Waals surface area contributed by atoms with Crippen LogP contribution in [0.2, 0.25) is 0 Å². The third-order valence-corrected chi connectivity index (χ3v) is 4.27. The maximum absolute atomic E-state index is 12.4. The van der Waals surface area contributed by atoms with Crippen molar-refractivity contribution in [1.29, 1.82) is 0 Å². The summed E-state index contributed by atoms with van der Waals surface area (Å²) < 4.78 is 41.0. The number of primary amides is 1. The molecule has 0 aliphatic heterocycles. The minimum absolute atomic E-state index is 0.141. The molecule has 11 heteroatoms. The van der Waals surface area contributed by atoms with Gasteiger partial charge in [0.15, 0.2) is 0 Å². The quantitative estimate of drug-likeness (QED) is 0.616. The normalized spacial score (nSPS) is 11.0. The first-order valence-corrected chi connectivity index (χ1v) is 8.81. The van der Waals surface area contributed by atoms with E-state index in [2.05, 4.69) is 15.4 Å². The second-order valence-electron chi connectivity index (χ2n) is 5.51. The van der Waals surface area contributed by atoms with Crippen molar-refractivity contribution in [1.82, 2.24) is 5.32 Å². The highest BCUT2D eigenvalue weighted by Crippen LogP contribution is 2.26. The van der Waals surface area contributed by atoms with E-state index in [0.29, 0.717) is 0 Å². The van der Waals surface area contributed by atoms with Crippen LogP contribution in [0.15, 0.2) is 35.7 Å². The van der Waals surface area contributed by atoms with Gasteiger partial charge in [0.05, 0.1) is 5.56 Å². The Labute approximate surface area is 161 Å². The summed E-state index contributed by atoms with van der Waals surface area (Å²) in [6, 6.07) is 6.88. The van der Waals surface area contributed by atoms with Crippen LogP contribution in [0.5, 0.6) is 5.75 Å². The van der Waals surface area contributed by atoms with Gasteiger partial charge < -0.3 is 21.1 Å². The lowest BCUT2D eigenvalue weighted by molar-refractivity contribution is -0.274. The molecule has 0 unspecified atom stereocenters. The van der Waals surface area contributed by atoms with Gasteiger partial charge in [0, 0.05) is 24.9 Å². The molecule has 4 N–H and O–H groups in total. The number of rotatable bonds is 8. The number of nitrogens with two attached hydrogens (primary N) is 1. The van der Waals surface area contributed by atoms with Gasteiger partial charge in [-0.3, -0.25) is 14.4 Å². The van der Waals surface area contributed by atoms with Gasteiger partial charge in [0.2, 0.25) is 11.8 Å². The third kappa shape index (κ3) is 6.58. The number of carbonyl (C=O) groups is 3. The molecule has 7 nitrogen and oxygen atoms in total. The average Bonchev–Trinajstić information content (AvgIpc) is 3.06. The Kier molecular flexibility index (Phi) is 6.99. The number of hydrogen-bond acceptors (Lipinski definition) is 5. The Morgan fingerprint density at radius 1 is 1.07 bits per heavy atom. The molecule has 1 aromatic carbocycles. The van der Waals surface area contributed by atoms with E-state index in [1.165, 1.54) is 24.3 Å². The maximum atomic E-state index is 12.4. The van der Waals surface area contributed by atoms with E-state index in [9.17, 15) is 27.6 Å². The molecule has 2 rings (SSSR count). The first-order valence-electron chi connectivity index (χ1n) is 7.93. The lowest BCUT2D eigenvalue weighted by Gasteiger charge is -2.13. The van der Waals surface area contributed by atoms with Crippen LogP contribution in [0, 0.1) is 0 Å². The molecule has 28 heavy (non-hydrogen) atoms. The SMILES string of the molecule is NC(=O)c1ccsc1NC(=O)CCC(=O)NCc1ccccc1OC(F)(F)F. The van der Waals surface area contributed by atoms with Crippen LogP contribution in [0.4, 0.5) is 18.2 Å². The Hall–Kier alpha value is -3.08. The first-order chi connectivity index (χ1) is 13.2. The number of nitrogens with one attached hydrogen (secondary N) is 2.